The summed E-state index contributed by atoms with van der Waals surface area (Å²) < 4.78 is 18.0. The van der Waals surface area contributed by atoms with Crippen molar-refractivity contribution in [2.24, 2.45) is 0 Å². The quantitative estimate of drug-likeness (QED) is 0.884. The average Bonchev–Trinajstić information content (AvgIpc) is 2.19. The largest absolute Gasteiger partial charge is 0.495 e. The van der Waals surface area contributed by atoms with Crippen LogP contribution in [-0.4, -0.2) is 23.3 Å². The number of carboxylic acid groups (broad SMARTS) is 1. The number of methoxy groups -OCH3 is 1. The van der Waals surface area contributed by atoms with Gasteiger partial charge in [0.2, 0.25) is 0 Å². The minimum atomic E-state index is -1.79. The number of aliphatic hydroxyl groups is 1. The molecule has 0 amide bonds. The summed E-state index contributed by atoms with van der Waals surface area (Å²) >= 11 is 3.03. The van der Waals surface area contributed by atoms with Crippen molar-refractivity contribution in [3.63, 3.8) is 0 Å². The smallest absolute Gasteiger partial charge is 0.337 e. The lowest BCUT2D eigenvalue weighted by Crippen LogP contribution is -2.11. The highest BCUT2D eigenvalue weighted by Gasteiger charge is 2.22. The van der Waals surface area contributed by atoms with E-state index in [1.807, 2.05) is 0 Å². The number of rotatable bonds is 3. The molecule has 0 aliphatic rings. The molecule has 1 aromatic rings. The van der Waals surface area contributed by atoms with Crippen LogP contribution in [0.2, 0.25) is 0 Å². The summed E-state index contributed by atoms with van der Waals surface area (Å²) in [6.07, 6.45) is -1.79. The second-order valence-corrected chi connectivity index (χ2v) is 3.55. The maximum atomic E-state index is 13.0. The van der Waals surface area contributed by atoms with Crippen LogP contribution < -0.4 is 4.74 Å². The molecule has 0 heterocycles. The predicted octanol–water partition coefficient (Wildman–Crippen LogP) is 1.71. The number of halogens is 2. The molecule has 1 rings (SSSR count). The SMILES string of the molecule is COc1cc(F)cc(C(O)C(=O)O)c1Br. The fourth-order valence-corrected chi connectivity index (χ4v) is 1.67. The number of carboxylic acids is 1. The van der Waals surface area contributed by atoms with Gasteiger partial charge in [-0.05, 0) is 22.0 Å². The summed E-state index contributed by atoms with van der Waals surface area (Å²) in [5.41, 5.74) is -0.0839. The first-order chi connectivity index (χ1) is 6.97. The zero-order chi connectivity index (χ0) is 11.6. The van der Waals surface area contributed by atoms with E-state index in [0.29, 0.717) is 0 Å². The van der Waals surface area contributed by atoms with Crippen LogP contribution >= 0.6 is 15.9 Å². The number of carbonyl (C=O) groups is 1. The Kier molecular flexibility index (Phi) is 3.65. The normalized spacial score (nSPS) is 12.3. The maximum absolute atomic E-state index is 13.0. The molecule has 0 spiro atoms. The monoisotopic (exact) mass is 278 g/mol. The molecule has 4 nitrogen and oxygen atoms in total. The van der Waals surface area contributed by atoms with Gasteiger partial charge in [-0.3, -0.25) is 0 Å². The number of aliphatic hydroxyl groups excluding tert-OH is 1. The highest BCUT2D eigenvalue weighted by Crippen LogP contribution is 2.33. The van der Waals surface area contributed by atoms with Crippen LogP contribution in [0.5, 0.6) is 5.75 Å². The summed E-state index contributed by atoms with van der Waals surface area (Å²) in [5, 5.41) is 17.9. The third-order valence-electron chi connectivity index (χ3n) is 1.78. The van der Waals surface area contributed by atoms with Crippen molar-refractivity contribution in [2.45, 2.75) is 6.10 Å². The summed E-state index contributed by atoms with van der Waals surface area (Å²) in [6.45, 7) is 0. The van der Waals surface area contributed by atoms with Gasteiger partial charge >= 0.3 is 5.97 Å². The molecule has 6 heteroatoms. The Bertz CT molecular complexity index is 394. The molecule has 1 aromatic carbocycles. The summed E-state index contributed by atoms with van der Waals surface area (Å²) in [7, 11) is 1.32. The highest BCUT2D eigenvalue weighted by atomic mass is 79.9. The summed E-state index contributed by atoms with van der Waals surface area (Å²) in [6, 6.07) is 2.02. The molecule has 0 aliphatic heterocycles. The first-order valence-corrected chi connectivity index (χ1v) is 4.70. The molecule has 0 saturated heterocycles. The zero-order valence-corrected chi connectivity index (χ0v) is 9.28. The lowest BCUT2D eigenvalue weighted by atomic mass is 10.1. The third kappa shape index (κ3) is 2.45. The Morgan fingerprint density at radius 2 is 2.20 bits per heavy atom. The van der Waals surface area contributed by atoms with Crippen molar-refractivity contribution in [3.8, 4) is 5.75 Å². The molecule has 2 N–H and O–H groups in total. The summed E-state index contributed by atoms with van der Waals surface area (Å²) in [4.78, 5) is 10.5. The van der Waals surface area contributed by atoms with Gasteiger partial charge < -0.3 is 14.9 Å². The van der Waals surface area contributed by atoms with E-state index in [-0.39, 0.29) is 15.8 Å². The van der Waals surface area contributed by atoms with Crippen molar-refractivity contribution >= 4 is 21.9 Å². The summed E-state index contributed by atoms with van der Waals surface area (Å²) in [5.74, 6) is -2.00. The standard InChI is InChI=1S/C9H8BrFO4/c1-15-6-3-4(11)2-5(7(6)10)8(12)9(13)14/h2-3,8,12H,1H3,(H,13,14). The Labute approximate surface area is 93.4 Å². The van der Waals surface area contributed by atoms with Crippen molar-refractivity contribution in [2.75, 3.05) is 7.11 Å². The van der Waals surface area contributed by atoms with Crippen molar-refractivity contribution in [1.29, 1.82) is 0 Å². The van der Waals surface area contributed by atoms with Crippen LogP contribution in [0.15, 0.2) is 16.6 Å². The molecular formula is C9H8BrFO4. The van der Waals surface area contributed by atoms with E-state index >= 15 is 0 Å². The maximum Gasteiger partial charge on any atom is 0.337 e. The van der Waals surface area contributed by atoms with E-state index < -0.39 is 17.9 Å². The molecular weight excluding hydrogens is 271 g/mol. The third-order valence-corrected chi connectivity index (χ3v) is 2.63. The van der Waals surface area contributed by atoms with Crippen molar-refractivity contribution in [3.05, 3.63) is 28.0 Å². The topological polar surface area (TPSA) is 66.8 Å². The fraction of sp³-hybridized carbons (Fsp3) is 0.222. The van der Waals surface area contributed by atoms with Crippen molar-refractivity contribution in [1.82, 2.24) is 0 Å². The van der Waals surface area contributed by atoms with Crippen LogP contribution in [0.4, 0.5) is 4.39 Å². The van der Waals surface area contributed by atoms with Gasteiger partial charge in [0.1, 0.15) is 11.6 Å². The second-order valence-electron chi connectivity index (χ2n) is 2.75. The van der Waals surface area contributed by atoms with Crippen LogP contribution in [0.25, 0.3) is 0 Å². The van der Waals surface area contributed by atoms with Gasteiger partial charge in [-0.15, -0.1) is 0 Å². The van der Waals surface area contributed by atoms with Gasteiger partial charge in [-0.2, -0.15) is 0 Å². The average molecular weight is 279 g/mol. The highest BCUT2D eigenvalue weighted by molar-refractivity contribution is 9.10. The molecule has 0 bridgehead atoms. The van der Waals surface area contributed by atoms with Crippen LogP contribution in [0, 0.1) is 5.82 Å². The van der Waals surface area contributed by atoms with E-state index in [4.69, 9.17) is 9.84 Å². The van der Waals surface area contributed by atoms with Gasteiger partial charge in [-0.25, -0.2) is 9.18 Å². The molecule has 15 heavy (non-hydrogen) atoms. The number of hydrogen-bond donors (Lipinski definition) is 2. The molecule has 1 unspecified atom stereocenters. The van der Waals surface area contributed by atoms with Gasteiger partial charge in [0, 0.05) is 11.6 Å². The fourth-order valence-electron chi connectivity index (χ4n) is 1.06. The molecule has 0 aliphatic carbocycles. The number of hydrogen-bond acceptors (Lipinski definition) is 3. The molecule has 82 valence electrons. The lowest BCUT2D eigenvalue weighted by Gasteiger charge is -2.11. The van der Waals surface area contributed by atoms with Gasteiger partial charge in [0.05, 0.1) is 11.6 Å². The molecule has 0 fully saturated rings. The number of benzene rings is 1. The number of aliphatic carboxylic acids is 1. The van der Waals surface area contributed by atoms with Gasteiger partial charge in [0.25, 0.3) is 0 Å². The zero-order valence-electron chi connectivity index (χ0n) is 7.70. The van der Waals surface area contributed by atoms with Crippen LogP contribution in [0.1, 0.15) is 11.7 Å². The van der Waals surface area contributed by atoms with Crippen LogP contribution in [0.3, 0.4) is 0 Å². The molecule has 0 saturated carbocycles. The first-order valence-electron chi connectivity index (χ1n) is 3.91. The Balaban J connectivity index is 3.28. The first kappa shape index (κ1) is 11.9. The van der Waals surface area contributed by atoms with Crippen LogP contribution in [-0.2, 0) is 4.79 Å². The van der Waals surface area contributed by atoms with Gasteiger partial charge in [0.15, 0.2) is 6.10 Å². The molecule has 0 radical (unpaired) electrons. The van der Waals surface area contributed by atoms with Gasteiger partial charge in [-0.1, -0.05) is 0 Å². The van der Waals surface area contributed by atoms with Crippen molar-refractivity contribution < 1.29 is 24.1 Å². The minimum absolute atomic E-state index is 0.0839. The van der Waals surface area contributed by atoms with E-state index in [1.165, 1.54) is 7.11 Å². The number of ether oxygens (including phenoxy) is 1. The van der Waals surface area contributed by atoms with E-state index in [0.717, 1.165) is 12.1 Å². The van der Waals surface area contributed by atoms with E-state index in [9.17, 15) is 14.3 Å². The predicted molar refractivity (Wildman–Crippen MR) is 53.2 cm³/mol. The Morgan fingerprint density at radius 1 is 1.60 bits per heavy atom. The second kappa shape index (κ2) is 4.59. The van der Waals surface area contributed by atoms with E-state index in [1.54, 1.807) is 0 Å². The minimum Gasteiger partial charge on any atom is -0.495 e. The Hall–Kier alpha value is -1.14. The van der Waals surface area contributed by atoms with E-state index in [2.05, 4.69) is 15.9 Å². The Morgan fingerprint density at radius 3 is 2.67 bits per heavy atom. The molecule has 0 aromatic heterocycles. The molecule has 1 atom stereocenters. The lowest BCUT2D eigenvalue weighted by molar-refractivity contribution is -0.147.